The summed E-state index contributed by atoms with van der Waals surface area (Å²) in [5, 5.41) is 11.5. The molecule has 1 aliphatic rings. The number of benzene rings is 2. The van der Waals surface area contributed by atoms with Gasteiger partial charge in [0.1, 0.15) is 5.76 Å². The van der Waals surface area contributed by atoms with E-state index in [2.05, 4.69) is 18.7 Å². The first kappa shape index (κ1) is 22.1. The van der Waals surface area contributed by atoms with Crippen molar-refractivity contribution in [2.24, 2.45) is 0 Å². The zero-order valence-electron chi connectivity index (χ0n) is 17.6. The van der Waals surface area contributed by atoms with E-state index in [4.69, 9.17) is 11.6 Å². The lowest BCUT2D eigenvalue weighted by Crippen LogP contribution is -2.38. The number of nitrogens with zero attached hydrogens (tertiary/aromatic N) is 2. The average molecular weight is 427 g/mol. The summed E-state index contributed by atoms with van der Waals surface area (Å²) in [6, 6.07) is 13.6. The molecule has 2 aromatic carbocycles. The number of likely N-dealkylation sites (tertiary alicyclic amines) is 1. The molecule has 0 bridgehead atoms. The molecule has 0 saturated carbocycles. The van der Waals surface area contributed by atoms with E-state index in [1.807, 2.05) is 25.1 Å². The number of likely N-dealkylation sites (N-methyl/N-ethyl adjacent to an activating group) is 1. The smallest absolute Gasteiger partial charge is 0.295 e. The predicted octanol–water partition coefficient (Wildman–Crippen LogP) is 4.41. The minimum Gasteiger partial charge on any atom is -0.507 e. The Labute approximate surface area is 182 Å². The zero-order chi connectivity index (χ0) is 21.8. The number of aliphatic hydroxyl groups excluding tert-OH is 1. The first-order valence-electron chi connectivity index (χ1n) is 10.2. The van der Waals surface area contributed by atoms with Gasteiger partial charge in [0.25, 0.3) is 11.7 Å². The van der Waals surface area contributed by atoms with E-state index in [-0.39, 0.29) is 11.3 Å². The van der Waals surface area contributed by atoms with Crippen LogP contribution in [0.5, 0.6) is 0 Å². The second-order valence-electron chi connectivity index (χ2n) is 7.44. The molecule has 6 heteroatoms. The maximum Gasteiger partial charge on any atom is 0.295 e. The number of ketones is 1. The van der Waals surface area contributed by atoms with E-state index in [9.17, 15) is 14.7 Å². The Bertz CT molecular complexity index is 965. The van der Waals surface area contributed by atoms with Crippen LogP contribution in [0.2, 0.25) is 5.02 Å². The van der Waals surface area contributed by atoms with Crippen molar-refractivity contribution in [3.05, 3.63) is 75.8 Å². The quantitative estimate of drug-likeness (QED) is 0.404. The van der Waals surface area contributed by atoms with Gasteiger partial charge >= 0.3 is 0 Å². The largest absolute Gasteiger partial charge is 0.507 e. The van der Waals surface area contributed by atoms with Crippen molar-refractivity contribution in [3.63, 3.8) is 0 Å². The van der Waals surface area contributed by atoms with Crippen LogP contribution in [0.1, 0.15) is 36.6 Å². The number of hydrogen-bond acceptors (Lipinski definition) is 4. The average Bonchev–Trinajstić information content (AvgIpc) is 2.99. The third kappa shape index (κ3) is 4.42. The van der Waals surface area contributed by atoms with Gasteiger partial charge in [0, 0.05) is 23.7 Å². The number of halogens is 1. The highest BCUT2D eigenvalue weighted by Gasteiger charge is 2.46. The van der Waals surface area contributed by atoms with Crippen LogP contribution in [-0.2, 0) is 9.59 Å². The molecular formula is C24H27ClN2O3. The molecule has 30 heavy (non-hydrogen) atoms. The van der Waals surface area contributed by atoms with Crippen molar-refractivity contribution in [1.29, 1.82) is 0 Å². The number of rotatable bonds is 7. The molecule has 3 rings (SSSR count). The summed E-state index contributed by atoms with van der Waals surface area (Å²) < 4.78 is 0. The van der Waals surface area contributed by atoms with Crippen molar-refractivity contribution in [2.75, 3.05) is 26.2 Å². The maximum atomic E-state index is 13.0. The first-order chi connectivity index (χ1) is 14.4. The molecule has 1 saturated heterocycles. The Kier molecular flexibility index (Phi) is 6.95. The number of aliphatic hydroxyl groups is 1. The molecule has 1 amide bonds. The SMILES string of the molecule is CCN(CC)CCN1C(=O)C(=O)C(=C(O)c2ccc(C)cc2)[C@@H]1c1cccc(Cl)c1. The number of carbonyl (C=O) groups is 2. The number of amides is 1. The van der Waals surface area contributed by atoms with Gasteiger partial charge in [-0.1, -0.05) is 67.4 Å². The van der Waals surface area contributed by atoms with Crippen LogP contribution >= 0.6 is 11.6 Å². The summed E-state index contributed by atoms with van der Waals surface area (Å²) in [5.74, 6) is -1.43. The molecule has 1 fully saturated rings. The van der Waals surface area contributed by atoms with Crippen molar-refractivity contribution in [2.45, 2.75) is 26.8 Å². The summed E-state index contributed by atoms with van der Waals surface area (Å²) in [4.78, 5) is 29.7. The molecule has 5 nitrogen and oxygen atoms in total. The van der Waals surface area contributed by atoms with Gasteiger partial charge < -0.3 is 14.9 Å². The minimum absolute atomic E-state index is 0.102. The van der Waals surface area contributed by atoms with Crippen LogP contribution in [0.3, 0.4) is 0 Å². The Hall–Kier alpha value is -2.63. The molecule has 0 spiro atoms. The molecule has 158 valence electrons. The van der Waals surface area contributed by atoms with E-state index in [0.29, 0.717) is 29.2 Å². The topological polar surface area (TPSA) is 60.9 Å². The third-order valence-corrected chi connectivity index (χ3v) is 5.82. The molecule has 0 radical (unpaired) electrons. The summed E-state index contributed by atoms with van der Waals surface area (Å²) in [5.41, 5.74) is 2.35. The highest BCUT2D eigenvalue weighted by molar-refractivity contribution is 6.46. The minimum atomic E-state index is -0.680. The van der Waals surface area contributed by atoms with Crippen LogP contribution in [0.15, 0.2) is 54.1 Å². The van der Waals surface area contributed by atoms with Crippen LogP contribution in [0.4, 0.5) is 0 Å². The number of carbonyl (C=O) groups excluding carboxylic acids is 2. The highest BCUT2D eigenvalue weighted by atomic mass is 35.5. The zero-order valence-corrected chi connectivity index (χ0v) is 18.3. The molecule has 1 atom stereocenters. The summed E-state index contributed by atoms with van der Waals surface area (Å²) in [6.45, 7) is 8.79. The Morgan fingerprint density at radius 1 is 1.10 bits per heavy atom. The summed E-state index contributed by atoms with van der Waals surface area (Å²) in [6.07, 6.45) is 0. The normalized spacial score (nSPS) is 18.4. The number of Topliss-reactive ketones (excluding diaryl/α,β-unsaturated/α-hetero) is 1. The molecular weight excluding hydrogens is 400 g/mol. The second kappa shape index (κ2) is 9.45. The lowest BCUT2D eigenvalue weighted by atomic mass is 9.95. The molecule has 2 aromatic rings. The molecule has 0 aromatic heterocycles. The van der Waals surface area contributed by atoms with Gasteiger partial charge in [-0.15, -0.1) is 0 Å². The first-order valence-corrected chi connectivity index (χ1v) is 10.6. The molecule has 1 N–H and O–H groups in total. The van der Waals surface area contributed by atoms with E-state index in [0.717, 1.165) is 18.7 Å². The lowest BCUT2D eigenvalue weighted by molar-refractivity contribution is -0.140. The molecule has 0 aliphatic carbocycles. The maximum absolute atomic E-state index is 13.0. The van der Waals surface area contributed by atoms with Crippen LogP contribution in [0.25, 0.3) is 5.76 Å². The fourth-order valence-corrected chi connectivity index (χ4v) is 3.99. The second-order valence-corrected chi connectivity index (χ2v) is 7.88. The van der Waals surface area contributed by atoms with Crippen molar-refractivity contribution in [3.8, 4) is 0 Å². The summed E-state index contributed by atoms with van der Waals surface area (Å²) >= 11 is 6.20. The monoisotopic (exact) mass is 426 g/mol. The van der Waals surface area contributed by atoms with Crippen molar-refractivity contribution < 1.29 is 14.7 Å². The Balaban J connectivity index is 2.09. The van der Waals surface area contributed by atoms with Crippen molar-refractivity contribution in [1.82, 2.24) is 9.80 Å². The van der Waals surface area contributed by atoms with Gasteiger partial charge in [-0.25, -0.2) is 0 Å². The highest BCUT2D eigenvalue weighted by Crippen LogP contribution is 2.39. The molecule has 1 heterocycles. The lowest BCUT2D eigenvalue weighted by Gasteiger charge is -2.28. The molecule has 1 aliphatic heterocycles. The standard InChI is InChI=1S/C24H27ClN2O3/c1-4-26(5-2)13-14-27-21(18-7-6-8-19(25)15-18)20(23(29)24(27)30)22(28)17-11-9-16(3)10-12-17/h6-12,15,21,28H,4-5,13-14H2,1-3H3/t21-/m0/s1. The van der Waals surface area contributed by atoms with E-state index in [1.54, 1.807) is 35.2 Å². The fraction of sp³-hybridized carbons (Fsp3) is 0.333. The van der Waals surface area contributed by atoms with E-state index < -0.39 is 17.7 Å². The van der Waals surface area contributed by atoms with E-state index in [1.165, 1.54) is 0 Å². The van der Waals surface area contributed by atoms with Crippen LogP contribution in [-0.4, -0.2) is 52.8 Å². The van der Waals surface area contributed by atoms with Crippen molar-refractivity contribution >= 4 is 29.1 Å². The van der Waals surface area contributed by atoms with Crippen LogP contribution in [0, 0.1) is 6.92 Å². The molecule has 0 unspecified atom stereocenters. The van der Waals surface area contributed by atoms with Gasteiger partial charge in [-0.2, -0.15) is 0 Å². The van der Waals surface area contributed by atoms with E-state index >= 15 is 0 Å². The van der Waals surface area contributed by atoms with Gasteiger partial charge in [0.05, 0.1) is 11.6 Å². The van der Waals surface area contributed by atoms with Gasteiger partial charge in [-0.05, 0) is 37.7 Å². The predicted molar refractivity (Wildman–Crippen MR) is 119 cm³/mol. The summed E-state index contributed by atoms with van der Waals surface area (Å²) in [7, 11) is 0. The van der Waals surface area contributed by atoms with Crippen LogP contribution < -0.4 is 0 Å². The Morgan fingerprint density at radius 3 is 2.37 bits per heavy atom. The number of hydrogen-bond donors (Lipinski definition) is 1. The third-order valence-electron chi connectivity index (χ3n) is 5.58. The van der Waals surface area contributed by atoms with Gasteiger partial charge in [0.15, 0.2) is 0 Å². The Morgan fingerprint density at radius 2 is 1.77 bits per heavy atom. The number of aryl methyl sites for hydroxylation is 1. The van der Waals surface area contributed by atoms with Gasteiger partial charge in [0.2, 0.25) is 0 Å². The van der Waals surface area contributed by atoms with Gasteiger partial charge in [-0.3, -0.25) is 9.59 Å². The fourth-order valence-electron chi connectivity index (χ4n) is 3.79.